The summed E-state index contributed by atoms with van der Waals surface area (Å²) in [6.07, 6.45) is 9.84. The lowest BCUT2D eigenvalue weighted by Crippen LogP contribution is -2.22. The molecule has 124 valence electrons. The van der Waals surface area contributed by atoms with Crippen molar-refractivity contribution in [2.45, 2.75) is 32.0 Å². The minimum absolute atomic E-state index is 0.0466. The smallest absolute Gasteiger partial charge is 0.157 e. The molecule has 5 heteroatoms. The maximum absolute atomic E-state index is 9.35. The lowest BCUT2D eigenvalue weighted by Gasteiger charge is -2.22. The first-order valence-corrected chi connectivity index (χ1v) is 8.31. The molecule has 1 aliphatic heterocycles. The SMILES string of the molecule is N#Cc1cccc(C=CCCOC2CCCCO2)c1-c1ccn[nH]1. The second kappa shape index (κ2) is 8.44. The monoisotopic (exact) mass is 323 g/mol. The Kier molecular flexibility index (Phi) is 5.78. The third-order valence-corrected chi connectivity index (χ3v) is 4.01. The Bertz CT molecular complexity index is 711. The molecule has 1 aliphatic rings. The van der Waals surface area contributed by atoms with Crippen LogP contribution >= 0.6 is 0 Å². The van der Waals surface area contributed by atoms with Crippen LogP contribution in [0.5, 0.6) is 0 Å². The number of aromatic nitrogens is 2. The Balaban J connectivity index is 1.63. The second-order valence-corrected chi connectivity index (χ2v) is 5.71. The van der Waals surface area contributed by atoms with E-state index in [9.17, 15) is 5.26 Å². The summed E-state index contributed by atoms with van der Waals surface area (Å²) in [5.74, 6) is 0. The van der Waals surface area contributed by atoms with Gasteiger partial charge in [0.1, 0.15) is 0 Å². The molecule has 0 aliphatic carbocycles. The number of nitrogens with one attached hydrogen (secondary N) is 1. The van der Waals surface area contributed by atoms with Crippen LogP contribution in [0.25, 0.3) is 17.3 Å². The second-order valence-electron chi connectivity index (χ2n) is 5.71. The number of benzene rings is 1. The van der Waals surface area contributed by atoms with Crippen LogP contribution in [0.1, 0.15) is 36.8 Å². The minimum Gasteiger partial charge on any atom is -0.353 e. The molecule has 1 fully saturated rings. The predicted octanol–water partition coefficient (Wildman–Crippen LogP) is 3.89. The van der Waals surface area contributed by atoms with E-state index in [1.807, 2.05) is 30.3 Å². The van der Waals surface area contributed by atoms with Crippen molar-refractivity contribution in [2.75, 3.05) is 13.2 Å². The normalized spacial score (nSPS) is 17.9. The summed E-state index contributed by atoms with van der Waals surface area (Å²) in [7, 11) is 0. The lowest BCUT2D eigenvalue weighted by molar-refractivity contribution is -0.161. The van der Waals surface area contributed by atoms with Crippen molar-refractivity contribution in [1.29, 1.82) is 5.26 Å². The molecule has 0 bridgehead atoms. The largest absolute Gasteiger partial charge is 0.353 e. The Morgan fingerprint density at radius 1 is 1.38 bits per heavy atom. The van der Waals surface area contributed by atoms with Crippen LogP contribution in [0.3, 0.4) is 0 Å². The average molecular weight is 323 g/mol. The topological polar surface area (TPSA) is 70.9 Å². The zero-order valence-corrected chi connectivity index (χ0v) is 13.6. The van der Waals surface area contributed by atoms with E-state index in [1.54, 1.807) is 6.20 Å². The third kappa shape index (κ3) is 4.10. The van der Waals surface area contributed by atoms with Gasteiger partial charge in [-0.15, -0.1) is 0 Å². The predicted molar refractivity (Wildman–Crippen MR) is 91.9 cm³/mol. The van der Waals surface area contributed by atoms with Crippen molar-refractivity contribution >= 4 is 6.08 Å². The van der Waals surface area contributed by atoms with Gasteiger partial charge in [0, 0.05) is 18.4 Å². The molecule has 1 N–H and O–H groups in total. The molecule has 1 unspecified atom stereocenters. The number of ether oxygens (including phenoxy) is 2. The van der Waals surface area contributed by atoms with E-state index in [4.69, 9.17) is 9.47 Å². The minimum atomic E-state index is -0.0466. The zero-order valence-electron chi connectivity index (χ0n) is 13.6. The van der Waals surface area contributed by atoms with Crippen LogP contribution in [0, 0.1) is 11.3 Å². The number of H-pyrrole nitrogens is 1. The average Bonchev–Trinajstić information content (AvgIpc) is 3.16. The van der Waals surface area contributed by atoms with Gasteiger partial charge in [0.15, 0.2) is 6.29 Å². The van der Waals surface area contributed by atoms with Crippen LogP contribution in [-0.4, -0.2) is 29.7 Å². The molecule has 0 amide bonds. The van der Waals surface area contributed by atoms with Gasteiger partial charge < -0.3 is 9.47 Å². The number of hydrogen-bond acceptors (Lipinski definition) is 4. The molecule has 2 heterocycles. The number of nitrogens with zero attached hydrogens (tertiary/aromatic N) is 2. The molecule has 5 nitrogen and oxygen atoms in total. The summed E-state index contributed by atoms with van der Waals surface area (Å²) in [5.41, 5.74) is 3.35. The molecule has 0 radical (unpaired) electrons. The molecule has 1 aromatic carbocycles. The molecule has 3 rings (SSSR count). The van der Waals surface area contributed by atoms with Crippen LogP contribution in [0.4, 0.5) is 0 Å². The summed E-state index contributed by atoms with van der Waals surface area (Å²) >= 11 is 0. The van der Waals surface area contributed by atoms with Crippen LogP contribution in [0.15, 0.2) is 36.5 Å². The Morgan fingerprint density at radius 3 is 3.08 bits per heavy atom. The van der Waals surface area contributed by atoms with E-state index in [0.717, 1.165) is 42.7 Å². The van der Waals surface area contributed by atoms with Gasteiger partial charge in [0.25, 0.3) is 0 Å². The van der Waals surface area contributed by atoms with Gasteiger partial charge in [0.2, 0.25) is 0 Å². The first-order chi connectivity index (χ1) is 11.9. The Hall–Kier alpha value is -2.42. The molecule has 1 saturated heterocycles. The van der Waals surface area contributed by atoms with E-state index in [2.05, 4.69) is 22.3 Å². The quantitative estimate of drug-likeness (QED) is 0.819. The van der Waals surface area contributed by atoms with Crippen LogP contribution < -0.4 is 0 Å². The highest BCUT2D eigenvalue weighted by Crippen LogP contribution is 2.26. The van der Waals surface area contributed by atoms with E-state index in [0.29, 0.717) is 12.2 Å². The number of aromatic amines is 1. The van der Waals surface area contributed by atoms with Gasteiger partial charge in [-0.25, -0.2) is 0 Å². The van der Waals surface area contributed by atoms with E-state index in [1.165, 1.54) is 6.42 Å². The van der Waals surface area contributed by atoms with Gasteiger partial charge in [-0.2, -0.15) is 10.4 Å². The van der Waals surface area contributed by atoms with Gasteiger partial charge >= 0.3 is 0 Å². The van der Waals surface area contributed by atoms with Crippen molar-refractivity contribution in [3.05, 3.63) is 47.7 Å². The maximum Gasteiger partial charge on any atom is 0.157 e. The Morgan fingerprint density at radius 2 is 2.33 bits per heavy atom. The fourth-order valence-electron chi connectivity index (χ4n) is 2.82. The molecule has 1 aromatic heterocycles. The highest BCUT2D eigenvalue weighted by atomic mass is 16.7. The van der Waals surface area contributed by atoms with Gasteiger partial charge in [-0.05, 0) is 43.4 Å². The first kappa shape index (κ1) is 16.4. The standard InChI is InChI=1S/C19H21N3O2/c20-14-16-8-5-7-15(19(16)17-10-11-21-22-17)6-1-3-12-23-18-9-2-4-13-24-18/h1,5-8,10-11,18H,2-4,9,12-13H2,(H,21,22). The van der Waals surface area contributed by atoms with E-state index < -0.39 is 0 Å². The first-order valence-electron chi connectivity index (χ1n) is 8.31. The third-order valence-electron chi connectivity index (χ3n) is 4.01. The lowest BCUT2D eigenvalue weighted by atomic mass is 9.98. The van der Waals surface area contributed by atoms with Crippen molar-refractivity contribution in [3.63, 3.8) is 0 Å². The van der Waals surface area contributed by atoms with Gasteiger partial charge in [0.05, 0.1) is 23.9 Å². The fourth-order valence-corrected chi connectivity index (χ4v) is 2.82. The fraction of sp³-hybridized carbons (Fsp3) is 0.368. The van der Waals surface area contributed by atoms with E-state index in [-0.39, 0.29) is 6.29 Å². The maximum atomic E-state index is 9.35. The molecule has 24 heavy (non-hydrogen) atoms. The van der Waals surface area contributed by atoms with Crippen LogP contribution in [-0.2, 0) is 9.47 Å². The summed E-state index contributed by atoms with van der Waals surface area (Å²) < 4.78 is 11.3. The highest BCUT2D eigenvalue weighted by molar-refractivity contribution is 5.78. The van der Waals surface area contributed by atoms with Crippen molar-refractivity contribution in [1.82, 2.24) is 10.2 Å². The number of rotatable bonds is 6. The van der Waals surface area contributed by atoms with Crippen molar-refractivity contribution in [3.8, 4) is 17.3 Å². The zero-order chi connectivity index (χ0) is 16.6. The van der Waals surface area contributed by atoms with Gasteiger partial charge in [-0.3, -0.25) is 5.10 Å². The summed E-state index contributed by atoms with van der Waals surface area (Å²) in [5, 5.41) is 16.3. The number of nitriles is 1. The molecule has 1 atom stereocenters. The highest BCUT2D eigenvalue weighted by Gasteiger charge is 2.13. The van der Waals surface area contributed by atoms with Crippen molar-refractivity contribution in [2.24, 2.45) is 0 Å². The molecular formula is C19H21N3O2. The summed E-state index contributed by atoms with van der Waals surface area (Å²) in [6, 6.07) is 9.83. The molecular weight excluding hydrogens is 302 g/mol. The summed E-state index contributed by atoms with van der Waals surface area (Å²) in [6.45, 7) is 1.44. The van der Waals surface area contributed by atoms with E-state index >= 15 is 0 Å². The molecule has 2 aromatic rings. The van der Waals surface area contributed by atoms with Gasteiger partial charge in [-0.1, -0.05) is 24.3 Å². The summed E-state index contributed by atoms with van der Waals surface area (Å²) in [4.78, 5) is 0. The molecule has 0 spiro atoms. The number of hydrogen-bond donors (Lipinski definition) is 1. The Labute approximate surface area is 141 Å². The van der Waals surface area contributed by atoms with Crippen molar-refractivity contribution < 1.29 is 9.47 Å². The molecule has 0 saturated carbocycles. The van der Waals surface area contributed by atoms with Crippen LogP contribution in [0.2, 0.25) is 0 Å².